The molecule has 1 N–H and O–H groups in total. The van der Waals surface area contributed by atoms with Crippen molar-refractivity contribution in [2.45, 2.75) is 26.3 Å². The smallest absolute Gasteiger partial charge is 0.257 e. The molecule has 0 atom stereocenters. The Kier molecular flexibility index (Phi) is 6.38. The first-order valence-electron chi connectivity index (χ1n) is 11.3. The SMILES string of the molecule is CCc1nc(-c2ccc(F)cc2)c(-c2ccc3nc(NC(=O)c4ccnc(F)c4)cn3n2)n1CC(F)F. The Morgan fingerprint density at radius 3 is 2.54 bits per heavy atom. The molecule has 0 unspecified atom stereocenters. The van der Waals surface area contributed by atoms with Gasteiger partial charge in [0, 0.05) is 29.8 Å². The summed E-state index contributed by atoms with van der Waals surface area (Å²) in [5.41, 5.74) is 2.04. The lowest BCUT2D eigenvalue weighted by Gasteiger charge is -2.12. The highest BCUT2D eigenvalue weighted by Gasteiger charge is 2.23. The first-order valence-corrected chi connectivity index (χ1v) is 11.3. The minimum absolute atomic E-state index is 0.0603. The number of carbonyl (C=O) groups is 1. The van der Waals surface area contributed by atoms with Gasteiger partial charge in [0.1, 0.15) is 17.3 Å². The lowest BCUT2D eigenvalue weighted by molar-refractivity contribution is 0.102. The molecule has 0 radical (unpaired) electrons. The van der Waals surface area contributed by atoms with E-state index in [4.69, 9.17) is 0 Å². The van der Waals surface area contributed by atoms with Crippen LogP contribution in [0.3, 0.4) is 0 Å². The number of fused-ring (bicyclic) bond motifs is 1. The summed E-state index contributed by atoms with van der Waals surface area (Å²) in [6, 6.07) is 11.2. The third-order valence-corrected chi connectivity index (χ3v) is 5.59. The summed E-state index contributed by atoms with van der Waals surface area (Å²) >= 11 is 0. The maximum absolute atomic E-state index is 13.5. The molecule has 188 valence electrons. The molecule has 0 aliphatic heterocycles. The van der Waals surface area contributed by atoms with Gasteiger partial charge in [-0.1, -0.05) is 6.92 Å². The van der Waals surface area contributed by atoms with Crippen molar-refractivity contribution in [1.29, 1.82) is 0 Å². The second-order valence-electron chi connectivity index (χ2n) is 8.06. The van der Waals surface area contributed by atoms with Crippen molar-refractivity contribution in [2.24, 2.45) is 0 Å². The molecule has 1 amide bonds. The average molecular weight is 509 g/mol. The van der Waals surface area contributed by atoms with E-state index >= 15 is 0 Å². The molecule has 4 heterocycles. The van der Waals surface area contributed by atoms with Gasteiger partial charge in [0.25, 0.3) is 12.3 Å². The number of carbonyl (C=O) groups excluding carboxylic acids is 1. The molecule has 12 heteroatoms. The molecule has 0 fully saturated rings. The van der Waals surface area contributed by atoms with Crippen LogP contribution in [0.4, 0.5) is 23.4 Å². The Bertz CT molecular complexity index is 1590. The van der Waals surface area contributed by atoms with Gasteiger partial charge in [-0.2, -0.15) is 9.49 Å². The van der Waals surface area contributed by atoms with Gasteiger partial charge in [-0.25, -0.2) is 32.6 Å². The summed E-state index contributed by atoms with van der Waals surface area (Å²) in [5, 5.41) is 7.10. The quantitative estimate of drug-likeness (QED) is 0.246. The van der Waals surface area contributed by atoms with Gasteiger partial charge in [0.2, 0.25) is 5.95 Å². The maximum atomic E-state index is 13.5. The molecule has 37 heavy (non-hydrogen) atoms. The Morgan fingerprint density at radius 2 is 1.84 bits per heavy atom. The monoisotopic (exact) mass is 509 g/mol. The Balaban J connectivity index is 1.57. The maximum Gasteiger partial charge on any atom is 0.257 e. The highest BCUT2D eigenvalue weighted by Crippen LogP contribution is 2.33. The number of rotatable bonds is 7. The predicted molar refractivity (Wildman–Crippen MR) is 127 cm³/mol. The highest BCUT2D eigenvalue weighted by atomic mass is 19.3. The summed E-state index contributed by atoms with van der Waals surface area (Å²) in [7, 11) is 0. The zero-order valence-electron chi connectivity index (χ0n) is 19.4. The number of alkyl halides is 2. The zero-order valence-corrected chi connectivity index (χ0v) is 19.4. The van der Waals surface area contributed by atoms with E-state index in [0.29, 0.717) is 40.5 Å². The number of hydrogen-bond donors (Lipinski definition) is 1. The molecular formula is C25H19F4N7O. The summed E-state index contributed by atoms with van der Waals surface area (Å²) < 4.78 is 56.8. The van der Waals surface area contributed by atoms with Crippen molar-refractivity contribution in [3.05, 3.63) is 84.1 Å². The first kappa shape index (κ1) is 24.1. The summed E-state index contributed by atoms with van der Waals surface area (Å²) in [6.45, 7) is 1.21. The highest BCUT2D eigenvalue weighted by molar-refractivity contribution is 6.03. The van der Waals surface area contributed by atoms with E-state index < -0.39 is 30.6 Å². The van der Waals surface area contributed by atoms with Crippen LogP contribution in [0, 0.1) is 11.8 Å². The predicted octanol–water partition coefficient (Wildman–Crippen LogP) is 5.01. The zero-order chi connectivity index (χ0) is 26.1. The van der Waals surface area contributed by atoms with Crippen LogP contribution in [0.2, 0.25) is 0 Å². The molecule has 1 aromatic carbocycles. The van der Waals surface area contributed by atoms with Crippen molar-refractivity contribution >= 4 is 17.4 Å². The Morgan fingerprint density at radius 1 is 1.05 bits per heavy atom. The van der Waals surface area contributed by atoms with Gasteiger partial charge in [-0.05, 0) is 42.5 Å². The number of nitrogens with one attached hydrogen (secondary N) is 1. The van der Waals surface area contributed by atoms with Crippen molar-refractivity contribution in [3.8, 4) is 22.6 Å². The molecule has 0 saturated heterocycles. The fourth-order valence-corrected chi connectivity index (χ4v) is 3.97. The second kappa shape index (κ2) is 9.80. The lowest BCUT2D eigenvalue weighted by Crippen LogP contribution is -2.12. The van der Waals surface area contributed by atoms with Gasteiger partial charge in [-0.15, -0.1) is 0 Å². The van der Waals surface area contributed by atoms with Crippen molar-refractivity contribution in [1.82, 2.24) is 29.1 Å². The van der Waals surface area contributed by atoms with Gasteiger partial charge < -0.3 is 9.88 Å². The number of hydrogen-bond acceptors (Lipinski definition) is 5. The molecule has 0 saturated carbocycles. The summed E-state index contributed by atoms with van der Waals surface area (Å²) in [6.07, 6.45) is 0.365. The standard InChI is InChI=1S/C25H19F4N7O/c1-2-21-33-23(14-3-5-16(26)6-4-14)24(35(21)12-18(27)28)17-7-8-22-31-20(13-36(22)34-17)32-25(37)15-9-10-30-19(29)11-15/h3-11,13,18H,2,12H2,1H3,(H,32,37). The van der Waals surface area contributed by atoms with Gasteiger partial charge >= 0.3 is 0 Å². The minimum Gasteiger partial charge on any atom is -0.320 e. The molecule has 0 aliphatic carbocycles. The molecule has 0 spiro atoms. The number of pyridine rings is 1. The number of amides is 1. The topological polar surface area (TPSA) is 90.0 Å². The van der Waals surface area contributed by atoms with E-state index in [2.05, 4.69) is 25.4 Å². The van der Waals surface area contributed by atoms with E-state index in [1.54, 1.807) is 19.1 Å². The van der Waals surface area contributed by atoms with E-state index in [-0.39, 0.29) is 11.4 Å². The average Bonchev–Trinajstić information content (AvgIpc) is 3.44. The van der Waals surface area contributed by atoms with Crippen LogP contribution in [-0.2, 0) is 13.0 Å². The van der Waals surface area contributed by atoms with Crippen LogP contribution >= 0.6 is 0 Å². The number of halogens is 4. The first-order chi connectivity index (χ1) is 17.8. The summed E-state index contributed by atoms with van der Waals surface area (Å²) in [5.74, 6) is -1.24. The number of aromatic nitrogens is 6. The Labute approximate surface area is 207 Å². The van der Waals surface area contributed by atoms with E-state index in [1.807, 2.05) is 0 Å². The number of imidazole rings is 2. The molecule has 4 aromatic heterocycles. The van der Waals surface area contributed by atoms with Crippen molar-refractivity contribution in [2.75, 3.05) is 5.32 Å². The fraction of sp³-hybridized carbons (Fsp3) is 0.160. The number of anilines is 1. The Hall–Kier alpha value is -4.61. The van der Waals surface area contributed by atoms with Crippen molar-refractivity contribution < 1.29 is 22.4 Å². The van der Waals surface area contributed by atoms with E-state index in [9.17, 15) is 22.4 Å². The third-order valence-electron chi connectivity index (χ3n) is 5.59. The molecular weight excluding hydrogens is 490 g/mol. The third kappa shape index (κ3) is 4.90. The van der Waals surface area contributed by atoms with Crippen LogP contribution in [-0.4, -0.2) is 41.5 Å². The normalized spacial score (nSPS) is 11.4. The van der Waals surface area contributed by atoms with Gasteiger partial charge in [-0.3, -0.25) is 4.79 Å². The van der Waals surface area contributed by atoms with Crippen LogP contribution in [0.15, 0.2) is 60.9 Å². The molecule has 0 aliphatic rings. The number of benzene rings is 1. The second-order valence-corrected chi connectivity index (χ2v) is 8.06. The molecule has 8 nitrogen and oxygen atoms in total. The van der Waals surface area contributed by atoms with Crippen LogP contribution < -0.4 is 5.32 Å². The number of nitrogens with zero attached hydrogens (tertiary/aromatic N) is 6. The van der Waals surface area contributed by atoms with Gasteiger partial charge in [0.05, 0.1) is 24.1 Å². The number of aryl methyl sites for hydroxylation is 1. The van der Waals surface area contributed by atoms with Crippen molar-refractivity contribution in [3.63, 3.8) is 0 Å². The lowest BCUT2D eigenvalue weighted by atomic mass is 10.1. The minimum atomic E-state index is -2.64. The van der Waals surface area contributed by atoms with E-state index in [1.165, 1.54) is 51.8 Å². The van der Waals surface area contributed by atoms with Crippen LogP contribution in [0.25, 0.3) is 28.3 Å². The van der Waals surface area contributed by atoms with Crippen LogP contribution in [0.1, 0.15) is 23.1 Å². The molecule has 0 bridgehead atoms. The molecule has 5 rings (SSSR count). The van der Waals surface area contributed by atoms with Crippen LogP contribution in [0.5, 0.6) is 0 Å². The summed E-state index contributed by atoms with van der Waals surface area (Å²) in [4.78, 5) is 24.7. The molecule has 5 aromatic rings. The van der Waals surface area contributed by atoms with E-state index in [0.717, 1.165) is 6.07 Å². The van der Waals surface area contributed by atoms with Gasteiger partial charge in [0.15, 0.2) is 11.5 Å². The fourth-order valence-electron chi connectivity index (χ4n) is 3.97. The largest absolute Gasteiger partial charge is 0.320 e.